The molecule has 104 valence electrons. The molecule has 0 bridgehead atoms. The van der Waals surface area contributed by atoms with Crippen LogP contribution in [-0.4, -0.2) is 22.4 Å². The molecule has 0 atom stereocenters. The first-order chi connectivity index (χ1) is 9.79. The highest BCUT2D eigenvalue weighted by Gasteiger charge is 2.05. The first-order valence-electron chi connectivity index (χ1n) is 6.66. The van der Waals surface area contributed by atoms with Gasteiger partial charge in [0.1, 0.15) is 5.82 Å². The lowest BCUT2D eigenvalue weighted by Gasteiger charge is -2.06. The van der Waals surface area contributed by atoms with Gasteiger partial charge in [-0.25, -0.2) is 4.98 Å². The predicted octanol–water partition coefficient (Wildman–Crippen LogP) is 2.23. The van der Waals surface area contributed by atoms with Crippen LogP contribution in [0.3, 0.4) is 0 Å². The summed E-state index contributed by atoms with van der Waals surface area (Å²) in [5.74, 6) is 0.661. The maximum absolute atomic E-state index is 12.0. The number of carbonyl (C=O) groups is 1. The number of hydrogen-bond acceptors (Lipinski definition) is 4. The van der Waals surface area contributed by atoms with E-state index in [9.17, 15) is 4.79 Å². The largest absolute Gasteiger partial charge is 0.370 e. The molecule has 1 amide bonds. The van der Waals surface area contributed by atoms with Crippen LogP contribution in [0.15, 0.2) is 42.9 Å². The van der Waals surface area contributed by atoms with Gasteiger partial charge >= 0.3 is 0 Å². The van der Waals surface area contributed by atoms with Gasteiger partial charge in [0.15, 0.2) is 0 Å². The molecule has 0 aromatic carbocycles. The molecule has 5 nitrogen and oxygen atoms in total. The Labute approximate surface area is 118 Å². The van der Waals surface area contributed by atoms with E-state index in [2.05, 4.69) is 27.5 Å². The highest BCUT2D eigenvalue weighted by atomic mass is 16.1. The fourth-order valence-corrected chi connectivity index (χ4v) is 1.67. The van der Waals surface area contributed by atoms with Gasteiger partial charge in [0.2, 0.25) is 0 Å². The normalized spacial score (nSPS) is 10.1. The Morgan fingerprint density at radius 2 is 2.00 bits per heavy atom. The van der Waals surface area contributed by atoms with Crippen LogP contribution in [0.1, 0.15) is 29.3 Å². The Morgan fingerprint density at radius 3 is 2.65 bits per heavy atom. The first kappa shape index (κ1) is 14.0. The lowest BCUT2D eigenvalue weighted by molar-refractivity contribution is 0.0950. The Morgan fingerprint density at radius 1 is 1.20 bits per heavy atom. The van der Waals surface area contributed by atoms with Crippen molar-refractivity contribution in [1.82, 2.24) is 15.3 Å². The van der Waals surface area contributed by atoms with Crippen LogP contribution in [0.25, 0.3) is 0 Å². The van der Waals surface area contributed by atoms with E-state index in [-0.39, 0.29) is 5.91 Å². The lowest BCUT2D eigenvalue weighted by Crippen LogP contribution is -2.23. The van der Waals surface area contributed by atoms with Crippen molar-refractivity contribution in [2.75, 3.05) is 11.9 Å². The van der Waals surface area contributed by atoms with Crippen LogP contribution in [0.2, 0.25) is 0 Å². The number of rotatable bonds is 6. The average molecular weight is 270 g/mol. The molecule has 0 unspecified atom stereocenters. The number of anilines is 1. The van der Waals surface area contributed by atoms with E-state index in [1.807, 2.05) is 18.2 Å². The van der Waals surface area contributed by atoms with E-state index in [1.165, 1.54) is 0 Å². The smallest absolute Gasteiger partial charge is 0.253 e. The second-order valence-corrected chi connectivity index (χ2v) is 4.40. The predicted molar refractivity (Wildman–Crippen MR) is 78.4 cm³/mol. The molecule has 2 rings (SSSR count). The highest BCUT2D eigenvalue weighted by Crippen LogP contribution is 2.05. The first-order valence-corrected chi connectivity index (χ1v) is 6.66. The number of pyridine rings is 2. The summed E-state index contributed by atoms with van der Waals surface area (Å²) in [6.45, 7) is 3.45. The maximum atomic E-state index is 12.0. The molecule has 2 heterocycles. The molecule has 0 radical (unpaired) electrons. The molecule has 0 saturated heterocycles. The molecule has 2 N–H and O–H groups in total. The molecule has 0 saturated carbocycles. The van der Waals surface area contributed by atoms with Crippen LogP contribution in [0.4, 0.5) is 5.82 Å². The molecule has 0 fully saturated rings. The number of aromatic nitrogens is 2. The molecule has 0 aliphatic carbocycles. The summed E-state index contributed by atoms with van der Waals surface area (Å²) in [4.78, 5) is 20.1. The van der Waals surface area contributed by atoms with E-state index >= 15 is 0 Å². The van der Waals surface area contributed by atoms with E-state index in [0.29, 0.717) is 12.1 Å². The topological polar surface area (TPSA) is 66.9 Å². The third-order valence-electron chi connectivity index (χ3n) is 2.78. The van der Waals surface area contributed by atoms with Gasteiger partial charge in [-0.15, -0.1) is 0 Å². The van der Waals surface area contributed by atoms with Gasteiger partial charge in [0.05, 0.1) is 5.56 Å². The van der Waals surface area contributed by atoms with Crippen molar-refractivity contribution in [3.63, 3.8) is 0 Å². The number of carbonyl (C=O) groups excluding carboxylic acids is 1. The second kappa shape index (κ2) is 7.23. The molecule has 2 aromatic heterocycles. The Kier molecular flexibility index (Phi) is 5.06. The molecule has 5 heteroatoms. The number of amides is 1. The third kappa shape index (κ3) is 4.05. The summed E-state index contributed by atoms with van der Waals surface area (Å²) in [6, 6.07) is 7.33. The van der Waals surface area contributed by atoms with Crippen molar-refractivity contribution >= 4 is 11.7 Å². The summed E-state index contributed by atoms with van der Waals surface area (Å²) in [7, 11) is 0. The van der Waals surface area contributed by atoms with Gasteiger partial charge in [0, 0.05) is 31.7 Å². The van der Waals surface area contributed by atoms with Crippen LogP contribution in [0, 0.1) is 0 Å². The molecule has 0 aliphatic rings. The minimum atomic E-state index is -0.128. The summed E-state index contributed by atoms with van der Waals surface area (Å²) in [5, 5.41) is 6.02. The quantitative estimate of drug-likeness (QED) is 0.844. The van der Waals surface area contributed by atoms with Crippen LogP contribution >= 0.6 is 0 Å². The van der Waals surface area contributed by atoms with Crippen LogP contribution in [0.5, 0.6) is 0 Å². The molecular formula is C15H18N4O. The average Bonchev–Trinajstić information content (AvgIpc) is 2.52. The Bertz CT molecular complexity index is 540. The summed E-state index contributed by atoms with van der Waals surface area (Å²) >= 11 is 0. The molecule has 20 heavy (non-hydrogen) atoms. The lowest BCUT2D eigenvalue weighted by atomic mass is 10.2. The second-order valence-electron chi connectivity index (χ2n) is 4.40. The van der Waals surface area contributed by atoms with Crippen molar-refractivity contribution in [2.24, 2.45) is 0 Å². The summed E-state index contributed by atoms with van der Waals surface area (Å²) in [5.41, 5.74) is 1.57. The third-order valence-corrected chi connectivity index (χ3v) is 2.78. The van der Waals surface area contributed by atoms with Gasteiger partial charge in [-0.3, -0.25) is 9.78 Å². The SMILES string of the molecule is CCCNc1ccc(C(=O)NCc2ccncc2)cn1. The van der Waals surface area contributed by atoms with Crippen molar-refractivity contribution in [3.05, 3.63) is 54.0 Å². The Hall–Kier alpha value is -2.43. The fraction of sp³-hybridized carbons (Fsp3) is 0.267. The van der Waals surface area contributed by atoms with Gasteiger partial charge in [-0.05, 0) is 36.2 Å². The van der Waals surface area contributed by atoms with Gasteiger partial charge in [0.25, 0.3) is 5.91 Å². The number of nitrogens with zero attached hydrogens (tertiary/aromatic N) is 2. The minimum absolute atomic E-state index is 0.128. The van der Waals surface area contributed by atoms with Crippen molar-refractivity contribution < 1.29 is 4.79 Å². The fourth-order valence-electron chi connectivity index (χ4n) is 1.67. The van der Waals surface area contributed by atoms with Crippen LogP contribution in [-0.2, 0) is 6.54 Å². The number of nitrogens with one attached hydrogen (secondary N) is 2. The van der Waals surface area contributed by atoms with E-state index < -0.39 is 0 Å². The zero-order chi connectivity index (χ0) is 14.2. The van der Waals surface area contributed by atoms with Gasteiger partial charge in [-0.1, -0.05) is 6.92 Å². The zero-order valence-corrected chi connectivity index (χ0v) is 11.5. The number of hydrogen-bond donors (Lipinski definition) is 2. The van der Waals surface area contributed by atoms with E-state index in [0.717, 1.165) is 24.3 Å². The monoisotopic (exact) mass is 270 g/mol. The zero-order valence-electron chi connectivity index (χ0n) is 11.5. The van der Waals surface area contributed by atoms with Crippen LogP contribution < -0.4 is 10.6 Å². The van der Waals surface area contributed by atoms with Crippen molar-refractivity contribution in [2.45, 2.75) is 19.9 Å². The van der Waals surface area contributed by atoms with Crippen molar-refractivity contribution in [3.8, 4) is 0 Å². The standard InChI is InChI=1S/C15H18N4O/c1-2-7-17-14-4-3-13(11-18-14)15(20)19-10-12-5-8-16-9-6-12/h3-6,8-9,11H,2,7,10H2,1H3,(H,17,18)(H,19,20). The maximum Gasteiger partial charge on any atom is 0.253 e. The summed E-state index contributed by atoms with van der Waals surface area (Å²) in [6.07, 6.45) is 6.03. The molecule has 2 aromatic rings. The summed E-state index contributed by atoms with van der Waals surface area (Å²) < 4.78 is 0. The molecule has 0 spiro atoms. The Balaban J connectivity index is 1.89. The van der Waals surface area contributed by atoms with Gasteiger partial charge in [-0.2, -0.15) is 0 Å². The minimum Gasteiger partial charge on any atom is -0.370 e. The molecule has 0 aliphatic heterocycles. The highest BCUT2D eigenvalue weighted by molar-refractivity contribution is 5.93. The van der Waals surface area contributed by atoms with Gasteiger partial charge < -0.3 is 10.6 Å². The molecular weight excluding hydrogens is 252 g/mol. The van der Waals surface area contributed by atoms with E-state index in [1.54, 1.807) is 24.7 Å². The van der Waals surface area contributed by atoms with Crippen molar-refractivity contribution in [1.29, 1.82) is 0 Å². The van der Waals surface area contributed by atoms with E-state index in [4.69, 9.17) is 0 Å².